The molecule has 1 aromatic heterocycles. The minimum absolute atomic E-state index is 0.141. The molecule has 40 heavy (non-hydrogen) atoms. The van der Waals surface area contributed by atoms with E-state index in [2.05, 4.69) is 19.2 Å². The van der Waals surface area contributed by atoms with E-state index in [1.54, 1.807) is 12.1 Å². The summed E-state index contributed by atoms with van der Waals surface area (Å²) in [6.45, 7) is 6.91. The second-order valence-corrected chi connectivity index (χ2v) is 10.3. The highest BCUT2D eigenvalue weighted by Crippen LogP contribution is 2.43. The number of aromatic nitrogens is 1. The zero-order valence-electron chi connectivity index (χ0n) is 23.8. The summed E-state index contributed by atoms with van der Waals surface area (Å²) < 4.78 is 23.9. The highest BCUT2D eigenvalue weighted by Gasteiger charge is 2.35. The van der Waals surface area contributed by atoms with Gasteiger partial charge in [-0.3, -0.25) is 19.7 Å². The first kappa shape index (κ1) is 28.7. The Hall–Kier alpha value is -4.27. The van der Waals surface area contributed by atoms with Crippen LogP contribution in [0, 0.1) is 11.8 Å². The second-order valence-electron chi connectivity index (χ2n) is 10.3. The summed E-state index contributed by atoms with van der Waals surface area (Å²) in [5.41, 5.74) is 2.49. The van der Waals surface area contributed by atoms with E-state index in [9.17, 15) is 14.4 Å². The fraction of sp³-hybridized carbons (Fsp3) is 0.387. The molecule has 1 N–H and O–H groups in total. The van der Waals surface area contributed by atoms with E-state index in [1.165, 1.54) is 21.3 Å². The number of nitrogens with zero attached hydrogens (tertiary/aromatic N) is 1. The summed E-state index contributed by atoms with van der Waals surface area (Å²) in [5, 5.41) is 3.28. The molecule has 212 valence electrons. The third-order valence-corrected chi connectivity index (χ3v) is 6.96. The Kier molecular flexibility index (Phi) is 8.82. The summed E-state index contributed by atoms with van der Waals surface area (Å²) in [4.78, 5) is 38.6. The van der Waals surface area contributed by atoms with E-state index < -0.39 is 11.8 Å². The van der Waals surface area contributed by atoms with Crippen molar-refractivity contribution >= 4 is 39.8 Å². The molecular formula is C31H36N2O7. The van der Waals surface area contributed by atoms with E-state index in [4.69, 9.17) is 18.9 Å². The van der Waals surface area contributed by atoms with Gasteiger partial charge in [0.1, 0.15) is 0 Å². The van der Waals surface area contributed by atoms with E-state index in [1.807, 2.05) is 42.0 Å². The van der Waals surface area contributed by atoms with Crippen LogP contribution < -0.4 is 19.5 Å². The average molecular weight is 549 g/mol. The molecule has 1 unspecified atom stereocenters. The number of benzene rings is 2. The molecule has 4 rings (SSSR count). The molecular weight excluding hydrogens is 512 g/mol. The van der Waals surface area contributed by atoms with Gasteiger partial charge in [-0.15, -0.1) is 0 Å². The second kappa shape index (κ2) is 12.3. The number of para-hydroxylation sites is 1. The van der Waals surface area contributed by atoms with Crippen molar-refractivity contribution in [1.29, 1.82) is 0 Å². The molecule has 9 nitrogen and oxygen atoms in total. The SMILES string of the molecule is COc1cc(C2=C(c3cn(CCCOC(=O)C(C)CC(C)C)c4ccccc34)C(=O)NC2=O)cc(OC)c1OC. The Balaban J connectivity index is 1.70. The van der Waals surface area contributed by atoms with Gasteiger partial charge in [-0.1, -0.05) is 39.0 Å². The molecule has 1 aliphatic heterocycles. The largest absolute Gasteiger partial charge is 0.493 e. The van der Waals surface area contributed by atoms with Gasteiger partial charge in [0.15, 0.2) is 11.5 Å². The van der Waals surface area contributed by atoms with Crippen molar-refractivity contribution in [2.24, 2.45) is 11.8 Å². The summed E-state index contributed by atoms with van der Waals surface area (Å²) >= 11 is 0. The van der Waals surface area contributed by atoms with E-state index in [0.717, 1.165) is 17.3 Å². The number of imide groups is 1. The molecule has 2 heterocycles. The molecule has 0 bridgehead atoms. The lowest BCUT2D eigenvalue weighted by Crippen LogP contribution is -2.22. The van der Waals surface area contributed by atoms with Gasteiger partial charge in [0.2, 0.25) is 5.75 Å². The number of aryl methyl sites for hydroxylation is 1. The van der Waals surface area contributed by atoms with Crippen molar-refractivity contribution in [2.45, 2.75) is 40.2 Å². The maximum absolute atomic E-state index is 13.2. The van der Waals surface area contributed by atoms with Gasteiger partial charge in [-0.05, 0) is 42.5 Å². The first-order valence-electron chi connectivity index (χ1n) is 13.3. The van der Waals surface area contributed by atoms with Gasteiger partial charge < -0.3 is 23.5 Å². The molecule has 9 heteroatoms. The van der Waals surface area contributed by atoms with Gasteiger partial charge in [-0.25, -0.2) is 0 Å². The number of hydrogen-bond donors (Lipinski definition) is 1. The van der Waals surface area contributed by atoms with Crippen molar-refractivity contribution in [3.63, 3.8) is 0 Å². The molecule has 0 radical (unpaired) electrons. The highest BCUT2D eigenvalue weighted by atomic mass is 16.5. The number of carbonyl (C=O) groups is 3. The summed E-state index contributed by atoms with van der Waals surface area (Å²) in [5.74, 6) is 0.234. The normalized spacial score (nSPS) is 14.1. The molecule has 0 fully saturated rings. The Morgan fingerprint density at radius 1 is 0.925 bits per heavy atom. The van der Waals surface area contributed by atoms with Crippen LogP contribution in [-0.4, -0.2) is 50.3 Å². The predicted octanol–water partition coefficient (Wildman–Crippen LogP) is 4.85. The van der Waals surface area contributed by atoms with Crippen LogP contribution in [0.5, 0.6) is 17.2 Å². The lowest BCUT2D eigenvalue weighted by Gasteiger charge is -2.14. The van der Waals surface area contributed by atoms with Gasteiger partial charge in [0, 0.05) is 29.2 Å². The van der Waals surface area contributed by atoms with Gasteiger partial charge in [-0.2, -0.15) is 0 Å². The maximum atomic E-state index is 13.2. The fourth-order valence-corrected chi connectivity index (χ4v) is 5.20. The molecule has 1 aliphatic rings. The van der Waals surface area contributed by atoms with Crippen LogP contribution in [-0.2, 0) is 25.7 Å². The van der Waals surface area contributed by atoms with Crippen molar-refractivity contribution in [3.8, 4) is 17.2 Å². The third-order valence-electron chi connectivity index (χ3n) is 6.96. The number of esters is 1. The number of amides is 2. The lowest BCUT2D eigenvalue weighted by molar-refractivity contribution is -0.148. The monoisotopic (exact) mass is 548 g/mol. The molecule has 2 amide bonds. The Labute approximate surface area is 234 Å². The number of hydrogen-bond acceptors (Lipinski definition) is 7. The van der Waals surface area contributed by atoms with Crippen LogP contribution >= 0.6 is 0 Å². The van der Waals surface area contributed by atoms with Crippen LogP contribution in [0.25, 0.3) is 22.0 Å². The van der Waals surface area contributed by atoms with Crippen LogP contribution in [0.2, 0.25) is 0 Å². The molecule has 0 aliphatic carbocycles. The highest BCUT2D eigenvalue weighted by molar-refractivity contribution is 6.50. The van der Waals surface area contributed by atoms with E-state index in [0.29, 0.717) is 53.9 Å². The Bertz CT molecular complexity index is 1440. The quantitative estimate of drug-likeness (QED) is 0.196. The lowest BCUT2D eigenvalue weighted by atomic mass is 9.95. The van der Waals surface area contributed by atoms with Crippen molar-refractivity contribution in [3.05, 3.63) is 53.7 Å². The van der Waals surface area contributed by atoms with Crippen molar-refractivity contribution in [1.82, 2.24) is 9.88 Å². The molecule has 1 atom stereocenters. The van der Waals surface area contributed by atoms with Gasteiger partial charge >= 0.3 is 5.97 Å². The average Bonchev–Trinajstić information content (AvgIpc) is 3.44. The standard InChI is InChI=1S/C31H36N2O7/c1-18(2)14-19(3)31(36)40-13-9-12-33-17-22(21-10-7-8-11-23(21)33)27-26(29(34)32-30(27)35)20-15-24(37-4)28(39-6)25(16-20)38-5/h7-8,10-11,15-19H,9,12-14H2,1-6H3,(H,32,34,35). The molecule has 0 spiro atoms. The van der Waals surface area contributed by atoms with Crippen LogP contribution in [0.3, 0.4) is 0 Å². The minimum Gasteiger partial charge on any atom is -0.493 e. The van der Waals surface area contributed by atoms with Crippen molar-refractivity contribution in [2.75, 3.05) is 27.9 Å². The van der Waals surface area contributed by atoms with E-state index >= 15 is 0 Å². The van der Waals surface area contributed by atoms with Gasteiger partial charge in [0.25, 0.3) is 11.8 Å². The topological polar surface area (TPSA) is 105 Å². The van der Waals surface area contributed by atoms with Gasteiger partial charge in [0.05, 0.1) is 45.0 Å². The zero-order valence-corrected chi connectivity index (χ0v) is 23.8. The van der Waals surface area contributed by atoms with Crippen LogP contribution in [0.15, 0.2) is 42.6 Å². The Morgan fingerprint density at radius 2 is 1.57 bits per heavy atom. The number of carbonyl (C=O) groups excluding carboxylic acids is 3. The summed E-state index contributed by atoms with van der Waals surface area (Å²) in [6, 6.07) is 11.0. The molecule has 2 aromatic carbocycles. The number of rotatable bonds is 12. The van der Waals surface area contributed by atoms with Crippen LogP contribution in [0.4, 0.5) is 0 Å². The number of ether oxygens (including phenoxy) is 4. The smallest absolute Gasteiger partial charge is 0.308 e. The molecule has 0 saturated heterocycles. The number of methoxy groups -OCH3 is 3. The molecule has 3 aromatic rings. The molecule has 0 saturated carbocycles. The first-order chi connectivity index (χ1) is 19.2. The van der Waals surface area contributed by atoms with Crippen molar-refractivity contribution < 1.29 is 33.3 Å². The summed E-state index contributed by atoms with van der Waals surface area (Å²) in [7, 11) is 4.48. The number of fused-ring (bicyclic) bond motifs is 1. The predicted molar refractivity (Wildman–Crippen MR) is 152 cm³/mol. The minimum atomic E-state index is -0.506. The van der Waals surface area contributed by atoms with Crippen LogP contribution in [0.1, 0.15) is 44.7 Å². The number of nitrogens with one attached hydrogen (secondary N) is 1. The van der Waals surface area contributed by atoms with E-state index in [-0.39, 0.29) is 23.0 Å². The fourth-order valence-electron chi connectivity index (χ4n) is 5.20. The zero-order chi connectivity index (χ0) is 29.0. The summed E-state index contributed by atoms with van der Waals surface area (Å²) in [6.07, 6.45) is 3.26. The maximum Gasteiger partial charge on any atom is 0.308 e. The first-order valence-corrected chi connectivity index (χ1v) is 13.3. The Morgan fingerprint density at radius 3 is 2.20 bits per heavy atom. The third kappa shape index (κ3) is 5.68.